The second kappa shape index (κ2) is 10.6. The number of hydrogen-bond acceptors (Lipinski definition) is 2. The second-order valence-corrected chi connectivity index (χ2v) is 9.27. The van der Waals surface area contributed by atoms with Gasteiger partial charge in [0.1, 0.15) is 5.82 Å². The van der Waals surface area contributed by atoms with Crippen molar-refractivity contribution in [2.75, 3.05) is 6.54 Å². The fraction of sp³-hybridized carbons (Fsp3) is 0.233. The zero-order chi connectivity index (χ0) is 23.7. The van der Waals surface area contributed by atoms with Gasteiger partial charge in [-0.15, -0.1) is 12.4 Å². The summed E-state index contributed by atoms with van der Waals surface area (Å²) in [5, 5.41) is 15.6. The molecular formula is C30H29ClFNO2. The van der Waals surface area contributed by atoms with E-state index < -0.39 is 11.8 Å². The number of carboxylic acids is 1. The van der Waals surface area contributed by atoms with Crippen LogP contribution in [0.25, 0.3) is 10.8 Å². The Morgan fingerprint density at radius 1 is 0.971 bits per heavy atom. The largest absolute Gasteiger partial charge is 0.478 e. The molecule has 5 heteroatoms. The minimum Gasteiger partial charge on any atom is -0.478 e. The number of halogens is 2. The second-order valence-electron chi connectivity index (χ2n) is 9.27. The highest BCUT2D eigenvalue weighted by atomic mass is 35.5. The highest BCUT2D eigenvalue weighted by molar-refractivity contribution is 5.88. The van der Waals surface area contributed by atoms with Crippen LogP contribution in [-0.4, -0.2) is 17.6 Å². The van der Waals surface area contributed by atoms with Crippen molar-refractivity contribution in [3.63, 3.8) is 0 Å². The van der Waals surface area contributed by atoms with E-state index in [2.05, 4.69) is 66.8 Å². The van der Waals surface area contributed by atoms with Crippen LogP contribution in [0, 0.1) is 11.7 Å². The Kier molecular flexibility index (Phi) is 7.54. The average molecular weight is 490 g/mol. The van der Waals surface area contributed by atoms with Gasteiger partial charge in [0.25, 0.3) is 0 Å². The molecule has 0 spiro atoms. The van der Waals surface area contributed by atoms with Crippen LogP contribution in [0.5, 0.6) is 0 Å². The highest BCUT2D eigenvalue weighted by Crippen LogP contribution is 2.40. The molecule has 3 nitrogen and oxygen atoms in total. The first-order valence-corrected chi connectivity index (χ1v) is 11.8. The molecule has 4 aromatic carbocycles. The Morgan fingerprint density at radius 3 is 2.49 bits per heavy atom. The summed E-state index contributed by atoms with van der Waals surface area (Å²) < 4.78 is 15.2. The minimum atomic E-state index is -1.23. The van der Waals surface area contributed by atoms with Crippen molar-refractivity contribution in [1.29, 1.82) is 0 Å². The molecule has 0 saturated carbocycles. The van der Waals surface area contributed by atoms with E-state index in [0.717, 1.165) is 24.9 Å². The number of hydrogen-bond donors (Lipinski definition) is 2. The highest BCUT2D eigenvalue weighted by Gasteiger charge is 2.31. The summed E-state index contributed by atoms with van der Waals surface area (Å²) in [6, 6.07) is 27.9. The van der Waals surface area contributed by atoms with Gasteiger partial charge in [0.2, 0.25) is 0 Å². The molecule has 0 aliphatic heterocycles. The van der Waals surface area contributed by atoms with Gasteiger partial charge < -0.3 is 10.4 Å². The van der Waals surface area contributed by atoms with Gasteiger partial charge >= 0.3 is 5.97 Å². The van der Waals surface area contributed by atoms with Gasteiger partial charge in [-0.2, -0.15) is 0 Å². The van der Waals surface area contributed by atoms with Crippen molar-refractivity contribution in [2.24, 2.45) is 5.92 Å². The van der Waals surface area contributed by atoms with Gasteiger partial charge in [0.15, 0.2) is 0 Å². The smallest absolute Gasteiger partial charge is 0.338 e. The first-order chi connectivity index (χ1) is 16.5. The molecule has 0 saturated heterocycles. The van der Waals surface area contributed by atoms with E-state index in [1.54, 1.807) is 12.1 Å². The zero-order valence-electron chi connectivity index (χ0n) is 19.6. The molecule has 35 heavy (non-hydrogen) atoms. The Balaban J connectivity index is 0.00000289. The normalized spacial score (nSPS) is 17.9. The van der Waals surface area contributed by atoms with Gasteiger partial charge in [-0.05, 0) is 71.3 Å². The molecule has 0 fully saturated rings. The van der Waals surface area contributed by atoms with E-state index in [-0.39, 0.29) is 29.9 Å². The molecule has 0 aromatic heterocycles. The minimum absolute atomic E-state index is 0. The topological polar surface area (TPSA) is 49.3 Å². The van der Waals surface area contributed by atoms with Crippen molar-refractivity contribution < 1.29 is 14.3 Å². The number of benzene rings is 4. The lowest BCUT2D eigenvalue weighted by Crippen LogP contribution is -2.31. The number of nitrogens with one attached hydrogen (secondary N) is 1. The van der Waals surface area contributed by atoms with Crippen LogP contribution in [0.1, 0.15) is 57.9 Å². The lowest BCUT2D eigenvalue weighted by Gasteiger charge is -2.33. The molecule has 1 aliphatic carbocycles. The third-order valence-electron chi connectivity index (χ3n) is 7.15. The monoisotopic (exact) mass is 489 g/mol. The van der Waals surface area contributed by atoms with Crippen LogP contribution >= 0.6 is 12.4 Å². The summed E-state index contributed by atoms with van der Waals surface area (Å²) in [5.74, 6) is -1.70. The van der Waals surface area contributed by atoms with Gasteiger partial charge in [0, 0.05) is 12.0 Å². The molecule has 3 atom stereocenters. The molecule has 4 aromatic rings. The molecular weight excluding hydrogens is 461 g/mol. The number of carboxylic acid groups (broad SMARTS) is 1. The molecule has 0 heterocycles. The van der Waals surface area contributed by atoms with E-state index in [0.29, 0.717) is 11.5 Å². The van der Waals surface area contributed by atoms with E-state index in [4.69, 9.17) is 0 Å². The van der Waals surface area contributed by atoms with E-state index in [1.807, 2.05) is 12.1 Å². The fourth-order valence-electron chi connectivity index (χ4n) is 5.43. The van der Waals surface area contributed by atoms with Crippen LogP contribution in [0.3, 0.4) is 0 Å². The van der Waals surface area contributed by atoms with Crippen LogP contribution in [0.15, 0.2) is 84.9 Å². The molecule has 5 rings (SSSR count). The van der Waals surface area contributed by atoms with Gasteiger partial charge in [0.05, 0.1) is 5.56 Å². The maximum Gasteiger partial charge on any atom is 0.338 e. The molecule has 0 amide bonds. The fourth-order valence-corrected chi connectivity index (χ4v) is 5.43. The maximum absolute atomic E-state index is 15.2. The van der Waals surface area contributed by atoms with Crippen molar-refractivity contribution >= 4 is 29.1 Å². The Labute approximate surface area is 211 Å². The summed E-state index contributed by atoms with van der Waals surface area (Å²) >= 11 is 0. The van der Waals surface area contributed by atoms with Crippen molar-refractivity contribution in [2.45, 2.75) is 31.7 Å². The summed E-state index contributed by atoms with van der Waals surface area (Å²) in [4.78, 5) is 11.5. The van der Waals surface area contributed by atoms with Crippen LogP contribution in [-0.2, 0) is 6.42 Å². The third-order valence-corrected chi connectivity index (χ3v) is 7.15. The van der Waals surface area contributed by atoms with Gasteiger partial charge in [-0.1, -0.05) is 78.9 Å². The molecule has 2 N–H and O–H groups in total. The Hall–Kier alpha value is -3.21. The SMILES string of the molecule is C[C@@H](NCC1Cc2ccccc2C(c2cccc(C(=O)O)c2F)C1)c1cccc2ccccc12.Cl. The van der Waals surface area contributed by atoms with E-state index in [9.17, 15) is 9.90 Å². The number of carbonyl (C=O) groups is 1. The number of rotatable bonds is 6. The van der Waals surface area contributed by atoms with Crippen LogP contribution in [0.4, 0.5) is 4.39 Å². The van der Waals surface area contributed by atoms with E-state index >= 15 is 4.39 Å². The van der Waals surface area contributed by atoms with Gasteiger partial charge in [-0.25, -0.2) is 9.18 Å². The Morgan fingerprint density at radius 2 is 1.66 bits per heavy atom. The number of aromatic carboxylic acids is 1. The van der Waals surface area contributed by atoms with Crippen molar-refractivity contribution in [1.82, 2.24) is 5.32 Å². The summed E-state index contributed by atoms with van der Waals surface area (Å²) in [5.41, 5.74) is 3.79. The maximum atomic E-state index is 15.2. The molecule has 2 unspecified atom stereocenters. The predicted octanol–water partition coefficient (Wildman–Crippen LogP) is 7.14. The third kappa shape index (κ3) is 4.95. The van der Waals surface area contributed by atoms with E-state index in [1.165, 1.54) is 28.0 Å². The zero-order valence-corrected chi connectivity index (χ0v) is 20.4. The first-order valence-electron chi connectivity index (χ1n) is 11.8. The van der Waals surface area contributed by atoms with Crippen molar-refractivity contribution in [3.05, 3.63) is 119 Å². The summed E-state index contributed by atoms with van der Waals surface area (Å²) in [6.45, 7) is 2.99. The van der Waals surface area contributed by atoms with Crippen LogP contribution in [0.2, 0.25) is 0 Å². The summed E-state index contributed by atoms with van der Waals surface area (Å²) in [6.07, 6.45) is 1.69. The average Bonchev–Trinajstić information content (AvgIpc) is 2.86. The quantitative estimate of drug-likeness (QED) is 0.302. The molecule has 0 radical (unpaired) electrons. The lowest BCUT2D eigenvalue weighted by atomic mass is 9.73. The standard InChI is InChI=1S/C30H28FNO2.ClH/c1-19(23-13-6-10-21-8-2-4-11-24(21)23)32-18-20-16-22-9-3-5-12-25(22)28(17-20)26-14-7-15-27(29(26)31)30(33)34;/h2-15,19-20,28,32H,16-18H2,1H3,(H,33,34);1H/t19-,20?,28?;/m1./s1. The number of fused-ring (bicyclic) bond motifs is 2. The van der Waals surface area contributed by atoms with Crippen LogP contribution < -0.4 is 5.32 Å². The predicted molar refractivity (Wildman–Crippen MR) is 141 cm³/mol. The molecule has 1 aliphatic rings. The van der Waals surface area contributed by atoms with Crippen molar-refractivity contribution in [3.8, 4) is 0 Å². The van der Waals surface area contributed by atoms with Gasteiger partial charge in [-0.3, -0.25) is 0 Å². The molecule has 180 valence electrons. The lowest BCUT2D eigenvalue weighted by molar-refractivity contribution is 0.0691. The first kappa shape index (κ1) is 24.9. The Bertz CT molecular complexity index is 1350. The summed E-state index contributed by atoms with van der Waals surface area (Å²) in [7, 11) is 0. The molecule has 0 bridgehead atoms.